The zero-order chi connectivity index (χ0) is 7.21. The van der Waals surface area contributed by atoms with Gasteiger partial charge in [0, 0.05) is 0 Å². The van der Waals surface area contributed by atoms with Crippen LogP contribution < -0.4 is 9.79 Å². The Balaban J connectivity index is -0.0000000800. The van der Waals surface area contributed by atoms with Crippen molar-refractivity contribution in [3.8, 4) is 0 Å². The second-order valence-corrected chi connectivity index (χ2v) is 1.47. The van der Waals surface area contributed by atoms with E-state index < -0.39 is 23.8 Å². The Morgan fingerprint density at radius 3 is 1.33 bits per heavy atom. The van der Waals surface area contributed by atoms with Gasteiger partial charge in [0.2, 0.25) is 0 Å². The predicted octanol–water partition coefficient (Wildman–Crippen LogP) is -0.758. The third-order valence-electron chi connectivity index (χ3n) is 0. The first kappa shape index (κ1) is 16.7. The van der Waals surface area contributed by atoms with Gasteiger partial charge >= 0.3 is 46.9 Å². The maximum Gasteiger partial charge on any atom is 2.00 e. The van der Waals surface area contributed by atoms with E-state index in [1.807, 2.05) is 0 Å². The second kappa shape index (κ2) is 9.26. The van der Waals surface area contributed by atoms with Crippen LogP contribution in [0.5, 0.6) is 0 Å². The smallest absolute Gasteiger partial charge is 2.00 e. The molecule has 0 atom stereocenters. The summed E-state index contributed by atoms with van der Waals surface area (Å²) in [4.78, 5) is 16.9. The van der Waals surface area contributed by atoms with Crippen molar-refractivity contribution in [2.75, 3.05) is 0 Å². The average molecular weight is 318 g/mol. The number of hydrogen-bond donors (Lipinski definition) is 0. The summed E-state index contributed by atoms with van der Waals surface area (Å²) in [5.41, 5.74) is 0. The van der Waals surface area contributed by atoms with Gasteiger partial charge in [0.1, 0.15) is 7.91 Å². The molecule has 9 heteroatoms. The molecule has 3 nitrogen and oxygen atoms in total. The zero-order valence-corrected chi connectivity index (χ0v) is 8.30. The number of rotatable bonds is 0. The minimum atomic E-state index is -5.64. The van der Waals surface area contributed by atoms with Gasteiger partial charge in [0.05, 0.1) is 0 Å². The molecular formula is CuF3O3PSn. The topological polar surface area (TPSA) is 63.2 Å². The molecule has 0 aliphatic carbocycles. The molecule has 0 heterocycles. The van der Waals surface area contributed by atoms with Crippen LogP contribution >= 0.6 is 7.91 Å². The largest absolute Gasteiger partial charge is 2.00 e. The van der Waals surface area contributed by atoms with E-state index in [1.165, 1.54) is 0 Å². The maximum absolute atomic E-state index is 10.1. The Labute approximate surface area is 73.3 Å². The first-order valence-corrected chi connectivity index (χ1v) is 3.09. The van der Waals surface area contributed by atoms with E-state index in [4.69, 9.17) is 14.4 Å². The van der Waals surface area contributed by atoms with Crippen molar-refractivity contribution in [2.45, 2.75) is 0 Å². The van der Waals surface area contributed by atoms with Gasteiger partial charge < -0.3 is 14.4 Å². The van der Waals surface area contributed by atoms with Gasteiger partial charge in [-0.15, -0.1) is 0 Å². The number of halogens is 3. The molecule has 0 spiro atoms. The fourth-order valence-electron chi connectivity index (χ4n) is 0. The summed E-state index contributed by atoms with van der Waals surface area (Å²) in [6, 6.07) is 0. The van der Waals surface area contributed by atoms with Crippen LogP contribution in [0, 0.1) is 0 Å². The van der Waals surface area contributed by atoms with Crippen LogP contribution in [-0.4, -0.2) is 23.9 Å². The molecule has 0 aromatic heterocycles. The normalized spacial score (nSPS) is 9.00. The molecule has 0 bridgehead atoms. The second-order valence-electron chi connectivity index (χ2n) is 0.474. The summed E-state index contributed by atoms with van der Waals surface area (Å²) >= 11 is -1.19. The Morgan fingerprint density at radius 1 is 1.33 bits per heavy atom. The van der Waals surface area contributed by atoms with Crippen molar-refractivity contribution >= 4 is 31.8 Å². The van der Waals surface area contributed by atoms with Crippen LogP contribution in [0.1, 0.15) is 0 Å². The molecule has 0 amide bonds. The van der Waals surface area contributed by atoms with Gasteiger partial charge in [0.25, 0.3) is 0 Å². The van der Waals surface area contributed by atoms with Crippen molar-refractivity contribution in [3.63, 3.8) is 0 Å². The summed E-state index contributed by atoms with van der Waals surface area (Å²) in [6.45, 7) is 0. The quantitative estimate of drug-likeness (QED) is 0.436. The van der Waals surface area contributed by atoms with Gasteiger partial charge in [-0.25, -0.2) is 4.20 Å². The van der Waals surface area contributed by atoms with Crippen LogP contribution in [0.4, 0.5) is 11.3 Å². The molecule has 0 aliphatic rings. The fraction of sp³-hybridized carbons (Fsp3) is 0. The van der Waals surface area contributed by atoms with Gasteiger partial charge in [-0.1, -0.05) is 0 Å². The van der Waals surface area contributed by atoms with E-state index in [0.29, 0.717) is 0 Å². The SMILES string of the molecule is O=P([O-])([O-])F.[F][Cu][F].[Sn+2]. The summed E-state index contributed by atoms with van der Waals surface area (Å²) in [6.07, 6.45) is 0. The molecule has 0 aliphatic heterocycles. The molecule has 0 saturated heterocycles. The van der Waals surface area contributed by atoms with E-state index in [2.05, 4.69) is 0 Å². The molecule has 2 radical (unpaired) electrons. The molecule has 0 unspecified atom stereocenters. The summed E-state index contributed by atoms with van der Waals surface area (Å²) in [7, 11) is -5.64. The zero-order valence-electron chi connectivity index (χ0n) is 3.61. The van der Waals surface area contributed by atoms with Crippen molar-refractivity contribution < 1.29 is 41.5 Å². The standard InChI is InChI=1S/Cu.FH2O3P.2FH.Sn/c;1-5(2,3)4;;;/h;(H2,2,3,4);2*1H;/q+2;;;;+2/p-4. The van der Waals surface area contributed by atoms with E-state index >= 15 is 0 Å². The molecule has 0 saturated carbocycles. The first-order valence-electron chi connectivity index (χ1n) is 0.945. The van der Waals surface area contributed by atoms with E-state index in [0.717, 1.165) is 0 Å². The molecule has 0 rings (SSSR count). The Morgan fingerprint density at radius 2 is 1.33 bits per heavy atom. The van der Waals surface area contributed by atoms with Gasteiger partial charge in [-0.05, 0) is 0 Å². The minimum Gasteiger partial charge on any atom is 2.00 e. The van der Waals surface area contributed by atoms with Crippen LogP contribution in [-0.2, 0) is 20.4 Å². The summed E-state index contributed by atoms with van der Waals surface area (Å²) < 4.78 is 37.6. The van der Waals surface area contributed by atoms with E-state index in [-0.39, 0.29) is 23.9 Å². The van der Waals surface area contributed by atoms with Crippen molar-refractivity contribution in [1.29, 1.82) is 0 Å². The predicted molar refractivity (Wildman–Crippen MR) is 16.7 cm³/mol. The summed E-state index contributed by atoms with van der Waals surface area (Å²) in [5.74, 6) is 0. The van der Waals surface area contributed by atoms with Gasteiger partial charge in [0.15, 0.2) is 0 Å². The molecule has 9 heavy (non-hydrogen) atoms. The third-order valence-corrected chi connectivity index (χ3v) is 0. The van der Waals surface area contributed by atoms with Crippen LogP contribution in [0.15, 0.2) is 0 Å². The molecular weight excluding hydrogens is 318 g/mol. The number of hydrogen-bond acceptors (Lipinski definition) is 3. The monoisotopic (exact) mass is 319 g/mol. The fourth-order valence-corrected chi connectivity index (χ4v) is 0. The van der Waals surface area contributed by atoms with Crippen molar-refractivity contribution in [2.24, 2.45) is 0 Å². The van der Waals surface area contributed by atoms with Crippen LogP contribution in [0.3, 0.4) is 0 Å². The Hall–Kier alpha value is 1.26. The van der Waals surface area contributed by atoms with Crippen LogP contribution in [0.2, 0.25) is 0 Å². The van der Waals surface area contributed by atoms with Gasteiger partial charge in [-0.2, -0.15) is 0 Å². The Kier molecular flexibility index (Phi) is 17.2. The first-order chi connectivity index (χ1) is 3.41. The molecule has 59 valence electrons. The van der Waals surface area contributed by atoms with Crippen molar-refractivity contribution in [1.82, 2.24) is 0 Å². The Bertz CT molecular complexity index is 74.9. The molecule has 0 N–H and O–H groups in total. The van der Waals surface area contributed by atoms with E-state index in [1.54, 1.807) is 0 Å². The van der Waals surface area contributed by atoms with Crippen molar-refractivity contribution in [3.05, 3.63) is 0 Å². The molecule has 0 aromatic rings. The summed E-state index contributed by atoms with van der Waals surface area (Å²) in [5, 5.41) is 0. The molecule has 0 aromatic carbocycles. The third kappa shape index (κ3) is 308. The van der Waals surface area contributed by atoms with Gasteiger partial charge in [-0.3, -0.25) is 0 Å². The minimum absolute atomic E-state index is 0. The van der Waals surface area contributed by atoms with Crippen LogP contribution in [0.25, 0.3) is 0 Å². The van der Waals surface area contributed by atoms with E-state index in [9.17, 15) is 11.3 Å². The molecule has 0 fully saturated rings. The average Bonchev–Trinajstić information content (AvgIpc) is 1.27. The maximum atomic E-state index is 10.1.